The van der Waals surface area contributed by atoms with Crippen molar-refractivity contribution in [3.05, 3.63) is 0 Å². The fourth-order valence-electron chi connectivity index (χ4n) is 0.753. The summed E-state index contributed by atoms with van der Waals surface area (Å²) in [4.78, 5) is 4.16. The van der Waals surface area contributed by atoms with Crippen molar-refractivity contribution in [2.75, 3.05) is 19.0 Å². The number of hydrogen-bond acceptors (Lipinski definition) is 2. The molecular weight excluding hydrogens is 150 g/mol. The van der Waals surface area contributed by atoms with Crippen LogP contribution >= 0.6 is 11.6 Å². The quantitative estimate of drug-likeness (QED) is 0.537. The summed E-state index contributed by atoms with van der Waals surface area (Å²) in [7, 11) is 0. The minimum atomic E-state index is 0.190. The molecule has 0 saturated carbocycles. The molecule has 0 bridgehead atoms. The third-order valence-electron chi connectivity index (χ3n) is 1.43. The van der Waals surface area contributed by atoms with E-state index in [-0.39, 0.29) is 5.41 Å². The first-order valence-electron chi connectivity index (χ1n) is 3.36. The molecule has 10 heavy (non-hydrogen) atoms. The molecule has 0 unspecified atom stereocenters. The molecule has 0 radical (unpaired) electrons. The van der Waals surface area contributed by atoms with Gasteiger partial charge in [-0.05, 0) is 0 Å². The van der Waals surface area contributed by atoms with Crippen molar-refractivity contribution < 1.29 is 4.74 Å². The summed E-state index contributed by atoms with van der Waals surface area (Å²) in [5.74, 6) is 1.08. The van der Waals surface area contributed by atoms with E-state index in [2.05, 4.69) is 18.8 Å². The van der Waals surface area contributed by atoms with Crippen LogP contribution in [0.4, 0.5) is 0 Å². The Morgan fingerprint density at radius 2 is 2.40 bits per heavy atom. The Morgan fingerprint density at radius 1 is 1.70 bits per heavy atom. The fraction of sp³-hybridized carbons (Fsp3) is 0.857. The fourth-order valence-corrected chi connectivity index (χ4v) is 0.915. The van der Waals surface area contributed by atoms with Gasteiger partial charge in [0.2, 0.25) is 0 Å². The summed E-state index contributed by atoms with van der Waals surface area (Å²) in [5.41, 5.74) is 0.190. The molecule has 0 atom stereocenters. The highest BCUT2D eigenvalue weighted by atomic mass is 35.5. The van der Waals surface area contributed by atoms with Crippen LogP contribution in [-0.2, 0) is 4.74 Å². The van der Waals surface area contributed by atoms with E-state index in [1.165, 1.54) is 0 Å². The van der Waals surface area contributed by atoms with Gasteiger partial charge in [0, 0.05) is 5.41 Å². The number of rotatable bonds is 1. The molecule has 1 heterocycles. The summed E-state index contributed by atoms with van der Waals surface area (Å²) in [6.45, 7) is 5.82. The standard InChI is InChI=1S/C7H12ClNO/c1-7(2)4-9-6(3-8)10-5-7/h3-5H2,1-2H3. The van der Waals surface area contributed by atoms with Crippen LogP contribution in [0.2, 0.25) is 0 Å². The highest BCUT2D eigenvalue weighted by molar-refractivity contribution is 6.27. The maximum atomic E-state index is 5.52. The van der Waals surface area contributed by atoms with Crippen molar-refractivity contribution in [1.29, 1.82) is 0 Å². The monoisotopic (exact) mass is 161 g/mol. The predicted molar refractivity (Wildman–Crippen MR) is 42.8 cm³/mol. The number of hydrogen-bond donors (Lipinski definition) is 0. The van der Waals surface area contributed by atoms with Crippen molar-refractivity contribution in [1.82, 2.24) is 0 Å². The number of halogens is 1. The largest absolute Gasteiger partial charge is 0.479 e. The maximum absolute atomic E-state index is 5.52. The Hall–Kier alpha value is -0.240. The Balaban J connectivity index is 2.52. The third-order valence-corrected chi connectivity index (χ3v) is 1.66. The molecule has 0 fully saturated rings. The zero-order valence-corrected chi connectivity index (χ0v) is 7.11. The van der Waals surface area contributed by atoms with Crippen molar-refractivity contribution in [2.24, 2.45) is 10.4 Å². The zero-order valence-electron chi connectivity index (χ0n) is 6.35. The first kappa shape index (κ1) is 7.86. The second-order valence-corrected chi connectivity index (χ2v) is 3.56. The first-order valence-corrected chi connectivity index (χ1v) is 3.90. The topological polar surface area (TPSA) is 21.6 Å². The van der Waals surface area contributed by atoms with Gasteiger partial charge in [-0.25, -0.2) is 0 Å². The summed E-state index contributed by atoms with van der Waals surface area (Å²) >= 11 is 5.52. The van der Waals surface area contributed by atoms with E-state index in [1.54, 1.807) is 0 Å². The highest BCUT2D eigenvalue weighted by Gasteiger charge is 2.23. The van der Waals surface area contributed by atoms with E-state index < -0.39 is 0 Å². The van der Waals surface area contributed by atoms with Crippen LogP contribution < -0.4 is 0 Å². The summed E-state index contributed by atoms with van der Waals surface area (Å²) < 4.78 is 5.26. The predicted octanol–water partition coefficient (Wildman–Crippen LogP) is 1.68. The normalized spacial score (nSPS) is 23.3. The Labute approximate surface area is 66.2 Å². The SMILES string of the molecule is CC1(C)CN=C(CCl)OC1. The van der Waals surface area contributed by atoms with Gasteiger partial charge < -0.3 is 4.74 Å². The van der Waals surface area contributed by atoms with Gasteiger partial charge in [0.05, 0.1) is 19.0 Å². The Bertz CT molecular complexity index is 154. The smallest absolute Gasteiger partial charge is 0.198 e. The van der Waals surface area contributed by atoms with Gasteiger partial charge in [-0.3, -0.25) is 4.99 Å². The summed E-state index contributed by atoms with van der Waals surface area (Å²) in [6.07, 6.45) is 0. The van der Waals surface area contributed by atoms with Crippen molar-refractivity contribution in [2.45, 2.75) is 13.8 Å². The van der Waals surface area contributed by atoms with Gasteiger partial charge in [-0.1, -0.05) is 13.8 Å². The number of nitrogens with zero attached hydrogens (tertiary/aromatic N) is 1. The van der Waals surface area contributed by atoms with E-state index in [0.717, 1.165) is 13.2 Å². The van der Waals surface area contributed by atoms with Crippen LogP contribution in [0.1, 0.15) is 13.8 Å². The molecule has 1 aliphatic rings. The summed E-state index contributed by atoms with van der Waals surface area (Å²) in [6, 6.07) is 0. The molecular formula is C7H12ClNO. The molecule has 58 valence electrons. The van der Waals surface area contributed by atoms with Crippen molar-refractivity contribution in [3.63, 3.8) is 0 Å². The minimum absolute atomic E-state index is 0.190. The molecule has 0 N–H and O–H groups in total. The molecule has 0 aromatic rings. The summed E-state index contributed by atoms with van der Waals surface area (Å²) in [5, 5.41) is 0. The maximum Gasteiger partial charge on any atom is 0.198 e. The lowest BCUT2D eigenvalue weighted by atomic mass is 9.94. The molecule has 0 aromatic carbocycles. The highest BCUT2D eigenvalue weighted by Crippen LogP contribution is 2.19. The second-order valence-electron chi connectivity index (χ2n) is 3.30. The van der Waals surface area contributed by atoms with E-state index in [9.17, 15) is 0 Å². The molecule has 1 aliphatic heterocycles. The minimum Gasteiger partial charge on any atom is -0.479 e. The van der Waals surface area contributed by atoms with Gasteiger partial charge >= 0.3 is 0 Å². The van der Waals surface area contributed by atoms with Crippen LogP contribution in [0, 0.1) is 5.41 Å². The molecule has 2 nitrogen and oxygen atoms in total. The Kier molecular flexibility index (Phi) is 2.19. The number of aliphatic imine (C=N–C) groups is 1. The molecule has 3 heteroatoms. The lowest BCUT2D eigenvalue weighted by molar-refractivity contribution is 0.155. The van der Waals surface area contributed by atoms with Gasteiger partial charge in [-0.2, -0.15) is 0 Å². The van der Waals surface area contributed by atoms with E-state index in [4.69, 9.17) is 16.3 Å². The third kappa shape index (κ3) is 1.87. The Morgan fingerprint density at radius 3 is 2.80 bits per heavy atom. The first-order chi connectivity index (χ1) is 4.64. The van der Waals surface area contributed by atoms with Gasteiger partial charge in [0.25, 0.3) is 0 Å². The number of alkyl halides is 1. The molecule has 0 aromatic heterocycles. The van der Waals surface area contributed by atoms with Crippen molar-refractivity contribution >= 4 is 17.5 Å². The van der Waals surface area contributed by atoms with E-state index in [0.29, 0.717) is 11.8 Å². The molecule has 0 aliphatic carbocycles. The van der Waals surface area contributed by atoms with Crippen LogP contribution in [0.25, 0.3) is 0 Å². The average molecular weight is 162 g/mol. The molecule has 0 amide bonds. The van der Waals surface area contributed by atoms with Gasteiger partial charge in [0.15, 0.2) is 5.90 Å². The number of ether oxygens (including phenoxy) is 1. The van der Waals surface area contributed by atoms with Gasteiger partial charge in [0.1, 0.15) is 0 Å². The van der Waals surface area contributed by atoms with Crippen LogP contribution in [0.3, 0.4) is 0 Å². The van der Waals surface area contributed by atoms with Crippen LogP contribution in [0.5, 0.6) is 0 Å². The van der Waals surface area contributed by atoms with E-state index in [1.807, 2.05) is 0 Å². The second kappa shape index (κ2) is 2.79. The van der Waals surface area contributed by atoms with Crippen molar-refractivity contribution in [3.8, 4) is 0 Å². The average Bonchev–Trinajstić information content (AvgIpc) is 1.88. The molecule has 0 saturated heterocycles. The molecule has 1 rings (SSSR count). The van der Waals surface area contributed by atoms with E-state index >= 15 is 0 Å². The zero-order chi connectivity index (χ0) is 7.61. The lowest BCUT2D eigenvalue weighted by Crippen LogP contribution is -2.30. The molecule has 0 spiro atoms. The van der Waals surface area contributed by atoms with Crippen LogP contribution in [-0.4, -0.2) is 24.9 Å². The van der Waals surface area contributed by atoms with Crippen LogP contribution in [0.15, 0.2) is 4.99 Å². The van der Waals surface area contributed by atoms with Gasteiger partial charge in [-0.15, -0.1) is 11.6 Å². The lowest BCUT2D eigenvalue weighted by Gasteiger charge is -2.27.